The van der Waals surface area contributed by atoms with Gasteiger partial charge in [0, 0.05) is 13.2 Å². The average molecular weight is 493 g/mol. The van der Waals surface area contributed by atoms with Crippen molar-refractivity contribution in [1.29, 1.82) is 0 Å². The van der Waals surface area contributed by atoms with Crippen LogP contribution in [0.2, 0.25) is 0 Å². The van der Waals surface area contributed by atoms with Crippen molar-refractivity contribution in [3.63, 3.8) is 0 Å². The molecule has 0 bridgehead atoms. The topological polar surface area (TPSA) is 67.9 Å². The third kappa shape index (κ3) is 7.58. The summed E-state index contributed by atoms with van der Waals surface area (Å²) in [4.78, 5) is 23.6. The van der Waals surface area contributed by atoms with Gasteiger partial charge in [-0.3, -0.25) is 9.59 Å². The van der Waals surface area contributed by atoms with E-state index in [4.69, 9.17) is 32.7 Å². The van der Waals surface area contributed by atoms with Gasteiger partial charge < -0.3 is 19.7 Å². The van der Waals surface area contributed by atoms with Gasteiger partial charge in [0.2, 0.25) is 0 Å². The summed E-state index contributed by atoms with van der Waals surface area (Å²) < 4.78 is 49.7. The highest BCUT2D eigenvalue weighted by atomic mass is 35.5. The van der Waals surface area contributed by atoms with Crippen LogP contribution in [0, 0.1) is 0 Å². The number of alkyl halides is 5. The molecule has 174 valence electrons. The van der Waals surface area contributed by atoms with Crippen molar-refractivity contribution in [1.82, 2.24) is 10.2 Å². The first kappa shape index (κ1) is 25.8. The number of rotatable bonds is 10. The predicted octanol–water partition coefficient (Wildman–Crippen LogP) is 4.82. The summed E-state index contributed by atoms with van der Waals surface area (Å²) in [6.07, 6.45) is -6.66. The number of nitrogens with one attached hydrogen (secondary N) is 1. The third-order valence-electron chi connectivity index (χ3n) is 4.16. The Kier molecular flexibility index (Phi) is 9.61. The van der Waals surface area contributed by atoms with Crippen LogP contribution in [0.3, 0.4) is 0 Å². The van der Waals surface area contributed by atoms with E-state index in [1.807, 2.05) is 11.4 Å². The number of amides is 2. The van der Waals surface area contributed by atoms with Crippen molar-refractivity contribution in [3.05, 3.63) is 60.2 Å². The number of carbonyl (C=O) groups is 2. The van der Waals surface area contributed by atoms with E-state index in [2.05, 4.69) is 0 Å². The standard InChI is InChI=1S/C21H21Cl2F3N2O4/c1-2-31-13-12-28(19(29)17(22)23)18(27-20(30)21(24,25)26)14-8-10-16(11-9-14)32-15-6-4-3-5-7-15/h3-11,17-18H,2,12-13H2,1H3,(H,27,30). The minimum atomic E-state index is -5.16. The summed E-state index contributed by atoms with van der Waals surface area (Å²) in [7, 11) is 0. The Morgan fingerprint density at radius 2 is 1.62 bits per heavy atom. The van der Waals surface area contributed by atoms with Crippen LogP contribution in [0.1, 0.15) is 18.7 Å². The molecule has 0 aliphatic rings. The molecule has 2 rings (SSSR count). The van der Waals surface area contributed by atoms with Crippen LogP contribution in [0.15, 0.2) is 54.6 Å². The van der Waals surface area contributed by atoms with Gasteiger partial charge in [0.05, 0.1) is 6.61 Å². The average Bonchev–Trinajstić information content (AvgIpc) is 2.75. The number of hydrogen-bond acceptors (Lipinski definition) is 4. The predicted molar refractivity (Wildman–Crippen MR) is 114 cm³/mol. The van der Waals surface area contributed by atoms with Crippen LogP contribution in [-0.2, 0) is 14.3 Å². The van der Waals surface area contributed by atoms with E-state index in [1.165, 1.54) is 24.3 Å². The van der Waals surface area contributed by atoms with Gasteiger partial charge in [-0.2, -0.15) is 13.2 Å². The molecule has 1 atom stereocenters. The number of para-hydroxylation sites is 1. The normalized spacial score (nSPS) is 12.3. The zero-order valence-electron chi connectivity index (χ0n) is 16.9. The highest BCUT2D eigenvalue weighted by Crippen LogP contribution is 2.27. The lowest BCUT2D eigenvalue weighted by molar-refractivity contribution is -0.176. The molecular formula is C21H21Cl2F3N2O4. The largest absolute Gasteiger partial charge is 0.471 e. The summed E-state index contributed by atoms with van der Waals surface area (Å²) in [5.41, 5.74) is 0.182. The Hall–Kier alpha value is -2.49. The molecule has 0 aromatic heterocycles. The number of benzene rings is 2. The van der Waals surface area contributed by atoms with Crippen molar-refractivity contribution in [2.75, 3.05) is 19.8 Å². The number of hydrogen-bond donors (Lipinski definition) is 1. The van der Waals surface area contributed by atoms with Gasteiger partial charge in [-0.1, -0.05) is 53.5 Å². The molecule has 0 aliphatic heterocycles. The maximum Gasteiger partial charge on any atom is 0.471 e. The molecule has 0 saturated heterocycles. The Balaban J connectivity index is 2.35. The lowest BCUT2D eigenvalue weighted by atomic mass is 10.1. The molecule has 0 spiro atoms. The van der Waals surface area contributed by atoms with Crippen LogP contribution < -0.4 is 10.1 Å². The Bertz CT molecular complexity index is 881. The Morgan fingerprint density at radius 3 is 2.16 bits per heavy atom. The zero-order valence-corrected chi connectivity index (χ0v) is 18.5. The minimum Gasteiger partial charge on any atom is -0.457 e. The van der Waals surface area contributed by atoms with Crippen molar-refractivity contribution in [3.8, 4) is 11.5 Å². The molecule has 0 saturated carbocycles. The van der Waals surface area contributed by atoms with Gasteiger partial charge in [-0.25, -0.2) is 0 Å². The molecular weight excluding hydrogens is 472 g/mol. The molecule has 1 N–H and O–H groups in total. The molecule has 2 aromatic rings. The lowest BCUT2D eigenvalue weighted by Gasteiger charge is -2.33. The van der Waals surface area contributed by atoms with Crippen molar-refractivity contribution in [2.45, 2.75) is 24.1 Å². The number of halogens is 5. The number of carbonyl (C=O) groups excluding carboxylic acids is 2. The summed E-state index contributed by atoms with van der Waals surface area (Å²) in [5.74, 6) is -2.14. The first-order chi connectivity index (χ1) is 15.1. The first-order valence-electron chi connectivity index (χ1n) is 9.50. The fourth-order valence-corrected chi connectivity index (χ4v) is 2.94. The van der Waals surface area contributed by atoms with E-state index >= 15 is 0 Å². The van der Waals surface area contributed by atoms with Crippen LogP contribution in [0.25, 0.3) is 0 Å². The molecule has 0 fully saturated rings. The van der Waals surface area contributed by atoms with E-state index < -0.39 is 29.0 Å². The summed E-state index contributed by atoms with van der Waals surface area (Å²) in [5, 5.41) is 1.83. The number of ether oxygens (including phenoxy) is 2. The lowest BCUT2D eigenvalue weighted by Crippen LogP contribution is -2.50. The monoisotopic (exact) mass is 492 g/mol. The SMILES string of the molecule is CCOCCN(C(=O)C(Cl)Cl)C(NC(=O)C(F)(F)F)c1ccc(Oc2ccccc2)cc1. The van der Waals surface area contributed by atoms with Gasteiger partial charge in [-0.15, -0.1) is 0 Å². The van der Waals surface area contributed by atoms with E-state index in [1.54, 1.807) is 31.2 Å². The van der Waals surface area contributed by atoms with E-state index in [0.717, 1.165) is 4.90 Å². The molecule has 6 nitrogen and oxygen atoms in total. The van der Waals surface area contributed by atoms with Gasteiger partial charge >= 0.3 is 12.1 Å². The first-order valence-corrected chi connectivity index (χ1v) is 10.4. The summed E-state index contributed by atoms with van der Waals surface area (Å²) in [6, 6.07) is 14.7. The third-order valence-corrected chi connectivity index (χ3v) is 4.54. The molecule has 0 aliphatic carbocycles. The smallest absolute Gasteiger partial charge is 0.457 e. The van der Waals surface area contributed by atoms with Crippen LogP contribution in [-0.4, -0.2) is 47.5 Å². The van der Waals surface area contributed by atoms with Crippen molar-refractivity contribution >= 4 is 35.0 Å². The Labute approximate surface area is 193 Å². The second-order valence-corrected chi connectivity index (χ2v) is 7.48. The van der Waals surface area contributed by atoms with E-state index in [-0.39, 0.29) is 18.7 Å². The van der Waals surface area contributed by atoms with Crippen molar-refractivity contribution in [2.24, 2.45) is 0 Å². The van der Waals surface area contributed by atoms with Crippen molar-refractivity contribution < 1.29 is 32.2 Å². The van der Waals surface area contributed by atoms with Crippen LogP contribution in [0.4, 0.5) is 13.2 Å². The minimum absolute atomic E-state index is 0.00364. The van der Waals surface area contributed by atoms with Gasteiger partial charge in [0.1, 0.15) is 17.7 Å². The van der Waals surface area contributed by atoms with Gasteiger partial charge in [-0.05, 0) is 36.8 Å². The van der Waals surface area contributed by atoms with Gasteiger partial charge in [0.15, 0.2) is 4.84 Å². The molecule has 2 aromatic carbocycles. The fourth-order valence-electron chi connectivity index (χ4n) is 2.69. The maximum absolute atomic E-state index is 12.9. The Morgan fingerprint density at radius 1 is 1.03 bits per heavy atom. The zero-order chi connectivity index (χ0) is 23.7. The van der Waals surface area contributed by atoms with E-state index in [0.29, 0.717) is 18.1 Å². The fraction of sp³-hybridized carbons (Fsp3) is 0.333. The summed E-state index contributed by atoms with van der Waals surface area (Å²) >= 11 is 11.4. The molecule has 32 heavy (non-hydrogen) atoms. The highest BCUT2D eigenvalue weighted by Gasteiger charge is 2.42. The molecule has 0 radical (unpaired) electrons. The van der Waals surface area contributed by atoms with E-state index in [9.17, 15) is 22.8 Å². The molecule has 1 unspecified atom stereocenters. The molecule has 11 heteroatoms. The second-order valence-electron chi connectivity index (χ2n) is 6.39. The number of nitrogens with zero attached hydrogens (tertiary/aromatic N) is 1. The van der Waals surface area contributed by atoms with Crippen LogP contribution in [0.5, 0.6) is 11.5 Å². The summed E-state index contributed by atoms with van der Waals surface area (Å²) in [6.45, 7) is 1.87. The van der Waals surface area contributed by atoms with Gasteiger partial charge in [0.25, 0.3) is 5.91 Å². The molecule has 0 heterocycles. The molecule has 2 amide bonds. The highest BCUT2D eigenvalue weighted by molar-refractivity contribution is 6.53. The second kappa shape index (κ2) is 11.9. The maximum atomic E-state index is 12.9. The van der Waals surface area contributed by atoms with Crippen LogP contribution >= 0.6 is 23.2 Å². The quantitative estimate of drug-likeness (QED) is 0.293.